The van der Waals surface area contributed by atoms with Crippen molar-refractivity contribution in [2.75, 3.05) is 45.2 Å². The fourth-order valence-electron chi connectivity index (χ4n) is 2.04. The van der Waals surface area contributed by atoms with Crippen molar-refractivity contribution >= 4 is 11.8 Å². The summed E-state index contributed by atoms with van der Waals surface area (Å²) < 4.78 is 10.3. The molecule has 1 aliphatic heterocycles. The van der Waals surface area contributed by atoms with Gasteiger partial charge >= 0.3 is 5.97 Å². The van der Waals surface area contributed by atoms with Crippen LogP contribution < -0.4 is 5.32 Å². The lowest BCUT2D eigenvalue weighted by Gasteiger charge is -2.32. The van der Waals surface area contributed by atoms with Crippen LogP contribution in [0, 0.1) is 0 Å². The Morgan fingerprint density at radius 3 is 3.05 bits per heavy atom. The number of aromatic nitrogens is 2. The van der Waals surface area contributed by atoms with E-state index in [-0.39, 0.29) is 11.8 Å². The third-order valence-electron chi connectivity index (χ3n) is 3.23. The van der Waals surface area contributed by atoms with Crippen LogP contribution in [0.1, 0.15) is 17.4 Å². The smallest absolute Gasteiger partial charge is 0.358 e. The molecule has 1 N–H and O–H groups in total. The van der Waals surface area contributed by atoms with Crippen molar-refractivity contribution < 1.29 is 14.3 Å². The highest BCUT2D eigenvalue weighted by Gasteiger charge is 2.19. The van der Waals surface area contributed by atoms with Gasteiger partial charge in [-0.05, 0) is 6.54 Å². The van der Waals surface area contributed by atoms with Gasteiger partial charge in [0, 0.05) is 19.6 Å². The minimum Gasteiger partial charge on any atom is -0.464 e. The summed E-state index contributed by atoms with van der Waals surface area (Å²) in [6, 6.07) is 0. The molecule has 110 valence electrons. The zero-order valence-electron chi connectivity index (χ0n) is 11.8. The maximum absolute atomic E-state index is 11.2. The maximum atomic E-state index is 11.2. The quantitative estimate of drug-likeness (QED) is 0.782. The van der Waals surface area contributed by atoms with Crippen molar-refractivity contribution in [1.29, 1.82) is 0 Å². The maximum Gasteiger partial charge on any atom is 0.358 e. The van der Waals surface area contributed by atoms with Gasteiger partial charge in [0.15, 0.2) is 5.69 Å². The molecule has 1 aromatic heterocycles. The molecule has 2 rings (SSSR count). The van der Waals surface area contributed by atoms with Crippen LogP contribution in [0.2, 0.25) is 0 Å². The van der Waals surface area contributed by atoms with Gasteiger partial charge in [0.1, 0.15) is 5.82 Å². The topological polar surface area (TPSA) is 76.6 Å². The molecule has 0 radical (unpaired) electrons. The summed E-state index contributed by atoms with van der Waals surface area (Å²) >= 11 is 0. The summed E-state index contributed by atoms with van der Waals surface area (Å²) in [6.45, 7) is 6.51. The monoisotopic (exact) mass is 280 g/mol. The summed E-state index contributed by atoms with van der Waals surface area (Å²) in [5, 5.41) is 3.17. The number of nitrogens with zero attached hydrogens (tertiary/aromatic N) is 3. The minimum absolute atomic E-state index is 0.144. The zero-order valence-corrected chi connectivity index (χ0v) is 11.8. The predicted molar refractivity (Wildman–Crippen MR) is 73.7 cm³/mol. The van der Waals surface area contributed by atoms with Crippen molar-refractivity contribution in [3.05, 3.63) is 18.1 Å². The molecular formula is C13H20N4O3. The molecule has 1 unspecified atom stereocenters. The molecule has 1 fully saturated rings. The fraction of sp³-hybridized carbons (Fsp3) is 0.615. The number of carbonyl (C=O) groups is 1. The third kappa shape index (κ3) is 3.88. The highest BCUT2D eigenvalue weighted by atomic mass is 16.5. The molecule has 1 saturated heterocycles. The van der Waals surface area contributed by atoms with Crippen LogP contribution in [0.5, 0.6) is 0 Å². The Balaban J connectivity index is 1.83. The van der Waals surface area contributed by atoms with Gasteiger partial charge in [-0.25, -0.2) is 14.8 Å². The molecule has 1 atom stereocenters. The standard InChI is InChI=1S/C13H20N4O3/c1-3-17-4-5-20-10(9-17)6-15-12-8-14-11(7-16-12)13(18)19-2/h7-8,10H,3-6,9H2,1-2H3,(H,15,16). The van der Waals surface area contributed by atoms with Gasteiger partial charge in [-0.3, -0.25) is 4.90 Å². The molecule has 0 amide bonds. The summed E-state index contributed by atoms with van der Waals surface area (Å²) in [4.78, 5) is 21.7. The van der Waals surface area contributed by atoms with E-state index in [1.54, 1.807) is 0 Å². The first kappa shape index (κ1) is 14.7. The largest absolute Gasteiger partial charge is 0.464 e. The van der Waals surface area contributed by atoms with Crippen molar-refractivity contribution in [2.45, 2.75) is 13.0 Å². The lowest BCUT2D eigenvalue weighted by Crippen LogP contribution is -2.45. The summed E-state index contributed by atoms with van der Waals surface area (Å²) in [6.07, 6.45) is 3.06. The van der Waals surface area contributed by atoms with Crippen LogP contribution in [0.3, 0.4) is 0 Å². The predicted octanol–water partition coefficient (Wildman–Crippen LogP) is 0.396. The number of morpholine rings is 1. The van der Waals surface area contributed by atoms with E-state index < -0.39 is 5.97 Å². The van der Waals surface area contributed by atoms with Crippen LogP contribution in [0.15, 0.2) is 12.4 Å². The molecular weight excluding hydrogens is 260 g/mol. The SMILES string of the molecule is CCN1CCOC(CNc2cnc(C(=O)OC)cn2)C1. The van der Waals surface area contributed by atoms with Crippen LogP contribution in [-0.2, 0) is 9.47 Å². The lowest BCUT2D eigenvalue weighted by atomic mass is 10.2. The number of hydrogen-bond acceptors (Lipinski definition) is 7. The Morgan fingerprint density at radius 2 is 2.40 bits per heavy atom. The van der Waals surface area contributed by atoms with Gasteiger partial charge in [0.05, 0.1) is 32.2 Å². The van der Waals surface area contributed by atoms with Gasteiger partial charge in [0.25, 0.3) is 0 Å². The molecule has 1 aliphatic rings. The average Bonchev–Trinajstić information content (AvgIpc) is 2.53. The Labute approximate surface area is 118 Å². The van der Waals surface area contributed by atoms with E-state index >= 15 is 0 Å². The van der Waals surface area contributed by atoms with Crippen molar-refractivity contribution in [3.63, 3.8) is 0 Å². The molecule has 20 heavy (non-hydrogen) atoms. The molecule has 0 aliphatic carbocycles. The van der Waals surface area contributed by atoms with E-state index in [2.05, 4.69) is 31.8 Å². The first-order chi connectivity index (χ1) is 9.72. The Hall–Kier alpha value is -1.73. The average molecular weight is 280 g/mol. The first-order valence-electron chi connectivity index (χ1n) is 6.71. The van der Waals surface area contributed by atoms with Crippen LogP contribution in [-0.4, -0.2) is 66.8 Å². The van der Waals surface area contributed by atoms with E-state index in [4.69, 9.17) is 4.74 Å². The number of carbonyl (C=O) groups excluding carboxylic acids is 1. The molecule has 0 spiro atoms. The van der Waals surface area contributed by atoms with E-state index in [0.29, 0.717) is 12.4 Å². The minimum atomic E-state index is -0.488. The number of methoxy groups -OCH3 is 1. The van der Waals surface area contributed by atoms with Crippen LogP contribution in [0.25, 0.3) is 0 Å². The van der Waals surface area contributed by atoms with E-state index in [9.17, 15) is 4.79 Å². The molecule has 7 heteroatoms. The second kappa shape index (κ2) is 7.16. The van der Waals surface area contributed by atoms with E-state index in [0.717, 1.165) is 26.2 Å². The number of nitrogens with one attached hydrogen (secondary N) is 1. The van der Waals surface area contributed by atoms with Crippen LogP contribution >= 0.6 is 0 Å². The van der Waals surface area contributed by atoms with Crippen molar-refractivity contribution in [1.82, 2.24) is 14.9 Å². The number of ether oxygens (including phenoxy) is 2. The second-order valence-electron chi connectivity index (χ2n) is 4.55. The molecule has 2 heterocycles. The number of hydrogen-bond donors (Lipinski definition) is 1. The van der Waals surface area contributed by atoms with E-state index in [1.807, 2.05) is 0 Å². The van der Waals surface area contributed by atoms with Gasteiger partial charge in [-0.15, -0.1) is 0 Å². The Bertz CT molecular complexity index is 438. The Kier molecular flexibility index (Phi) is 5.25. The first-order valence-corrected chi connectivity index (χ1v) is 6.71. The third-order valence-corrected chi connectivity index (χ3v) is 3.23. The molecule has 7 nitrogen and oxygen atoms in total. The summed E-state index contributed by atoms with van der Waals surface area (Å²) in [5.41, 5.74) is 0.198. The number of rotatable bonds is 5. The van der Waals surface area contributed by atoms with Crippen molar-refractivity contribution in [2.24, 2.45) is 0 Å². The summed E-state index contributed by atoms with van der Waals surface area (Å²) in [5.74, 6) is 0.133. The molecule has 0 aromatic carbocycles. The van der Waals surface area contributed by atoms with Gasteiger partial charge in [-0.1, -0.05) is 6.92 Å². The molecule has 0 bridgehead atoms. The van der Waals surface area contributed by atoms with Crippen molar-refractivity contribution in [3.8, 4) is 0 Å². The van der Waals surface area contributed by atoms with E-state index in [1.165, 1.54) is 19.5 Å². The molecule has 1 aromatic rings. The van der Waals surface area contributed by atoms with Crippen LogP contribution in [0.4, 0.5) is 5.82 Å². The lowest BCUT2D eigenvalue weighted by molar-refractivity contribution is -0.0192. The van der Waals surface area contributed by atoms with Gasteiger partial charge in [0.2, 0.25) is 0 Å². The molecule has 0 saturated carbocycles. The van der Waals surface area contributed by atoms with Gasteiger partial charge < -0.3 is 14.8 Å². The number of anilines is 1. The normalized spacial score (nSPS) is 19.6. The zero-order chi connectivity index (χ0) is 14.4. The fourth-order valence-corrected chi connectivity index (χ4v) is 2.04. The highest BCUT2D eigenvalue weighted by molar-refractivity contribution is 5.86. The summed E-state index contributed by atoms with van der Waals surface area (Å²) in [7, 11) is 1.32. The second-order valence-corrected chi connectivity index (χ2v) is 4.55. The number of esters is 1. The highest BCUT2D eigenvalue weighted by Crippen LogP contribution is 2.07. The Morgan fingerprint density at radius 1 is 1.55 bits per heavy atom. The number of likely N-dealkylation sites (N-methyl/N-ethyl adjacent to an activating group) is 1. The van der Waals surface area contributed by atoms with Gasteiger partial charge in [-0.2, -0.15) is 0 Å².